The van der Waals surface area contributed by atoms with Crippen molar-refractivity contribution in [2.45, 2.75) is 20.5 Å². The van der Waals surface area contributed by atoms with Crippen LogP contribution in [-0.4, -0.2) is 19.7 Å². The molecule has 0 aliphatic rings. The lowest BCUT2D eigenvalue weighted by Crippen LogP contribution is -2.05. The van der Waals surface area contributed by atoms with E-state index in [1.54, 1.807) is 14.0 Å². The molecule has 2 rings (SSSR count). The zero-order chi connectivity index (χ0) is 15.2. The van der Waals surface area contributed by atoms with Gasteiger partial charge in [0, 0.05) is 7.11 Å². The molecule has 0 unspecified atom stereocenters. The normalized spacial score (nSPS) is 10.4. The second-order valence-corrected chi connectivity index (χ2v) is 4.84. The Morgan fingerprint density at radius 3 is 2.52 bits per heavy atom. The van der Waals surface area contributed by atoms with Crippen LogP contribution in [0.4, 0.5) is 0 Å². The number of aryl methyl sites for hydroxylation is 1. The smallest absolute Gasteiger partial charge is 0.338 e. The van der Waals surface area contributed by atoms with Gasteiger partial charge in [0.05, 0.1) is 18.8 Å². The van der Waals surface area contributed by atoms with Crippen LogP contribution in [0.25, 0.3) is 11.1 Å². The van der Waals surface area contributed by atoms with Gasteiger partial charge in [-0.05, 0) is 48.2 Å². The van der Waals surface area contributed by atoms with Crippen LogP contribution in [0.2, 0.25) is 0 Å². The first-order valence-corrected chi connectivity index (χ1v) is 7.02. The number of carbonyl (C=O) groups excluding carboxylic acids is 1. The molecule has 0 bridgehead atoms. The third-order valence-corrected chi connectivity index (χ3v) is 3.34. The fourth-order valence-corrected chi connectivity index (χ4v) is 2.37. The predicted octanol–water partition coefficient (Wildman–Crippen LogP) is 3.99. The number of carbonyl (C=O) groups is 1. The maximum atomic E-state index is 11.8. The summed E-state index contributed by atoms with van der Waals surface area (Å²) in [6, 6.07) is 13.8. The van der Waals surface area contributed by atoms with Crippen LogP contribution < -0.4 is 0 Å². The molecule has 0 heterocycles. The molecule has 0 aliphatic heterocycles. The van der Waals surface area contributed by atoms with Crippen molar-refractivity contribution in [1.82, 2.24) is 0 Å². The first-order chi connectivity index (χ1) is 10.2. The van der Waals surface area contributed by atoms with E-state index in [2.05, 4.69) is 12.1 Å². The summed E-state index contributed by atoms with van der Waals surface area (Å²) in [5, 5.41) is 0. The highest BCUT2D eigenvalue weighted by molar-refractivity contribution is 5.90. The molecule has 2 aromatic rings. The van der Waals surface area contributed by atoms with Gasteiger partial charge in [0.25, 0.3) is 0 Å². The van der Waals surface area contributed by atoms with Gasteiger partial charge in [-0.2, -0.15) is 0 Å². The van der Waals surface area contributed by atoms with E-state index in [1.165, 1.54) is 0 Å². The van der Waals surface area contributed by atoms with E-state index in [0.717, 1.165) is 22.3 Å². The topological polar surface area (TPSA) is 35.5 Å². The van der Waals surface area contributed by atoms with Crippen LogP contribution in [0, 0.1) is 6.92 Å². The first kappa shape index (κ1) is 15.3. The molecule has 110 valence electrons. The molecule has 2 aromatic carbocycles. The zero-order valence-electron chi connectivity index (χ0n) is 12.7. The molecule has 0 amide bonds. The lowest BCUT2D eigenvalue weighted by molar-refractivity contribution is 0.0526. The average Bonchev–Trinajstić information content (AvgIpc) is 2.48. The van der Waals surface area contributed by atoms with Crippen LogP contribution in [-0.2, 0) is 16.1 Å². The SMILES string of the molecule is CCOC(=O)c1ccc(-c2ccccc2COC)c(C)c1. The quantitative estimate of drug-likeness (QED) is 0.779. The minimum Gasteiger partial charge on any atom is -0.462 e. The fraction of sp³-hybridized carbons (Fsp3) is 0.278. The van der Waals surface area contributed by atoms with Crippen LogP contribution in [0.3, 0.4) is 0 Å². The molecule has 0 aliphatic carbocycles. The van der Waals surface area contributed by atoms with Gasteiger partial charge in [-0.25, -0.2) is 4.79 Å². The third kappa shape index (κ3) is 3.50. The molecule has 0 radical (unpaired) electrons. The number of ether oxygens (including phenoxy) is 2. The van der Waals surface area contributed by atoms with Crippen LogP contribution >= 0.6 is 0 Å². The minimum absolute atomic E-state index is 0.280. The van der Waals surface area contributed by atoms with Crippen molar-refractivity contribution in [3.8, 4) is 11.1 Å². The standard InChI is InChI=1S/C18H20O3/c1-4-21-18(19)14-9-10-16(13(2)11-14)17-8-6-5-7-15(17)12-20-3/h5-11H,4,12H2,1-3H3. The minimum atomic E-state index is -0.280. The van der Waals surface area contributed by atoms with Crippen molar-refractivity contribution < 1.29 is 14.3 Å². The summed E-state index contributed by atoms with van der Waals surface area (Å²) in [5.41, 5.74) is 5.00. The Balaban J connectivity index is 2.40. The predicted molar refractivity (Wildman–Crippen MR) is 83.3 cm³/mol. The first-order valence-electron chi connectivity index (χ1n) is 7.02. The molecule has 3 nitrogen and oxygen atoms in total. The summed E-state index contributed by atoms with van der Waals surface area (Å²) in [6.45, 7) is 4.76. The van der Waals surface area contributed by atoms with Gasteiger partial charge in [-0.15, -0.1) is 0 Å². The van der Waals surface area contributed by atoms with E-state index in [9.17, 15) is 4.79 Å². The maximum Gasteiger partial charge on any atom is 0.338 e. The molecule has 0 N–H and O–H groups in total. The molecular formula is C18H20O3. The summed E-state index contributed by atoms with van der Waals surface area (Å²) < 4.78 is 10.3. The molecule has 3 heteroatoms. The van der Waals surface area contributed by atoms with Gasteiger partial charge in [0.1, 0.15) is 0 Å². The Hall–Kier alpha value is -2.13. The number of methoxy groups -OCH3 is 1. The Labute approximate surface area is 125 Å². The van der Waals surface area contributed by atoms with Gasteiger partial charge >= 0.3 is 5.97 Å². The molecule has 0 aromatic heterocycles. The van der Waals surface area contributed by atoms with E-state index >= 15 is 0 Å². The zero-order valence-corrected chi connectivity index (χ0v) is 12.7. The summed E-state index contributed by atoms with van der Waals surface area (Å²) in [4.78, 5) is 11.8. The van der Waals surface area contributed by atoms with Gasteiger partial charge < -0.3 is 9.47 Å². The largest absolute Gasteiger partial charge is 0.462 e. The van der Waals surface area contributed by atoms with Crippen molar-refractivity contribution >= 4 is 5.97 Å². The molecular weight excluding hydrogens is 264 g/mol. The summed E-state index contributed by atoms with van der Waals surface area (Å²) in [6.07, 6.45) is 0. The van der Waals surface area contributed by atoms with Crippen molar-refractivity contribution in [3.63, 3.8) is 0 Å². The Bertz CT molecular complexity index is 632. The van der Waals surface area contributed by atoms with E-state index < -0.39 is 0 Å². The van der Waals surface area contributed by atoms with Crippen LogP contribution in [0.15, 0.2) is 42.5 Å². The molecule has 0 fully saturated rings. The van der Waals surface area contributed by atoms with Crippen molar-refractivity contribution in [2.24, 2.45) is 0 Å². The second kappa shape index (κ2) is 7.04. The Kier molecular flexibility index (Phi) is 5.12. The molecule has 21 heavy (non-hydrogen) atoms. The van der Waals surface area contributed by atoms with Gasteiger partial charge in [0.15, 0.2) is 0 Å². The monoisotopic (exact) mass is 284 g/mol. The lowest BCUT2D eigenvalue weighted by Gasteiger charge is -2.12. The van der Waals surface area contributed by atoms with Gasteiger partial charge in [-0.1, -0.05) is 30.3 Å². The summed E-state index contributed by atoms with van der Waals surface area (Å²) in [5.74, 6) is -0.280. The van der Waals surface area contributed by atoms with Crippen molar-refractivity contribution in [3.05, 3.63) is 59.2 Å². The Morgan fingerprint density at radius 2 is 1.86 bits per heavy atom. The maximum absolute atomic E-state index is 11.8. The number of rotatable bonds is 5. The van der Waals surface area contributed by atoms with Crippen molar-refractivity contribution in [1.29, 1.82) is 0 Å². The highest BCUT2D eigenvalue weighted by atomic mass is 16.5. The number of hydrogen-bond acceptors (Lipinski definition) is 3. The molecule has 0 spiro atoms. The van der Waals surface area contributed by atoms with Gasteiger partial charge in [-0.3, -0.25) is 0 Å². The van der Waals surface area contributed by atoms with Crippen molar-refractivity contribution in [2.75, 3.05) is 13.7 Å². The third-order valence-electron chi connectivity index (χ3n) is 3.34. The number of benzene rings is 2. The Morgan fingerprint density at radius 1 is 1.10 bits per heavy atom. The molecule has 0 saturated heterocycles. The highest BCUT2D eigenvalue weighted by Gasteiger charge is 2.11. The van der Waals surface area contributed by atoms with Crippen LogP contribution in [0.5, 0.6) is 0 Å². The highest BCUT2D eigenvalue weighted by Crippen LogP contribution is 2.28. The van der Waals surface area contributed by atoms with Gasteiger partial charge in [0.2, 0.25) is 0 Å². The number of hydrogen-bond donors (Lipinski definition) is 0. The molecule has 0 saturated carbocycles. The van der Waals surface area contributed by atoms with Crippen LogP contribution in [0.1, 0.15) is 28.4 Å². The van der Waals surface area contributed by atoms with E-state index in [1.807, 2.05) is 37.3 Å². The number of esters is 1. The lowest BCUT2D eigenvalue weighted by atomic mass is 9.95. The molecule has 0 atom stereocenters. The van der Waals surface area contributed by atoms with E-state index in [0.29, 0.717) is 18.8 Å². The summed E-state index contributed by atoms with van der Waals surface area (Å²) >= 11 is 0. The van der Waals surface area contributed by atoms with E-state index in [-0.39, 0.29) is 5.97 Å². The van der Waals surface area contributed by atoms with E-state index in [4.69, 9.17) is 9.47 Å². The fourth-order valence-electron chi connectivity index (χ4n) is 2.37. The average molecular weight is 284 g/mol. The second-order valence-electron chi connectivity index (χ2n) is 4.84. The summed E-state index contributed by atoms with van der Waals surface area (Å²) in [7, 11) is 1.69.